The predicted octanol–water partition coefficient (Wildman–Crippen LogP) is 19.6. The second-order valence-corrected chi connectivity index (χ2v) is 18.8. The van der Waals surface area contributed by atoms with Gasteiger partial charge in [-0.05, 0) is 122 Å². The second-order valence-electron chi connectivity index (χ2n) is 18.8. The van der Waals surface area contributed by atoms with E-state index in [4.69, 9.17) is 14.2 Å². The maximum absolute atomic E-state index is 12.8. The van der Waals surface area contributed by atoms with Gasteiger partial charge in [-0.1, -0.05) is 232 Å². The Balaban J connectivity index is 4.56. The van der Waals surface area contributed by atoms with Gasteiger partial charge in [0.05, 0.1) is 0 Å². The topological polar surface area (TPSA) is 78.9 Å². The summed E-state index contributed by atoms with van der Waals surface area (Å²) in [6, 6.07) is 0. The monoisotopic (exact) mass is 983 g/mol. The van der Waals surface area contributed by atoms with Crippen molar-refractivity contribution in [3.8, 4) is 0 Å². The molecule has 6 heteroatoms. The average Bonchev–Trinajstić information content (AvgIpc) is 3.37. The summed E-state index contributed by atoms with van der Waals surface area (Å²) < 4.78 is 16.8. The molecule has 0 aliphatic rings. The van der Waals surface area contributed by atoms with Crippen molar-refractivity contribution in [1.82, 2.24) is 0 Å². The molecule has 0 aromatic rings. The molecule has 0 aliphatic carbocycles. The van der Waals surface area contributed by atoms with Crippen molar-refractivity contribution < 1.29 is 28.6 Å². The quantitative estimate of drug-likeness (QED) is 0.0261. The van der Waals surface area contributed by atoms with Crippen LogP contribution in [0.1, 0.15) is 252 Å². The fourth-order valence-electron chi connectivity index (χ4n) is 7.58. The van der Waals surface area contributed by atoms with E-state index in [1.165, 1.54) is 116 Å². The number of carbonyl (C=O) groups is 3. The van der Waals surface area contributed by atoms with Crippen molar-refractivity contribution in [2.75, 3.05) is 13.2 Å². The van der Waals surface area contributed by atoms with Crippen LogP contribution in [0.25, 0.3) is 0 Å². The number of esters is 3. The van der Waals surface area contributed by atoms with Gasteiger partial charge in [0.15, 0.2) is 6.10 Å². The van der Waals surface area contributed by atoms with Crippen LogP contribution in [0.4, 0.5) is 0 Å². The lowest BCUT2D eigenvalue weighted by atomic mass is 10.1. The summed E-state index contributed by atoms with van der Waals surface area (Å²) in [5.41, 5.74) is 0. The molecular weight excluding hydrogens is 877 g/mol. The molecule has 0 radical (unpaired) electrons. The maximum Gasteiger partial charge on any atom is 0.306 e. The van der Waals surface area contributed by atoms with Crippen LogP contribution in [0.5, 0.6) is 0 Å². The minimum atomic E-state index is -0.836. The van der Waals surface area contributed by atoms with Crippen LogP contribution in [0.2, 0.25) is 0 Å². The van der Waals surface area contributed by atoms with Gasteiger partial charge in [0.1, 0.15) is 13.2 Å². The first kappa shape index (κ1) is 66.8. The van der Waals surface area contributed by atoms with Crippen molar-refractivity contribution in [2.24, 2.45) is 0 Å². The van der Waals surface area contributed by atoms with Crippen molar-refractivity contribution in [3.63, 3.8) is 0 Å². The maximum atomic E-state index is 12.8. The van der Waals surface area contributed by atoms with Gasteiger partial charge in [-0.15, -0.1) is 0 Å². The summed E-state index contributed by atoms with van der Waals surface area (Å²) in [6.45, 7) is 6.40. The molecule has 6 nitrogen and oxygen atoms in total. The zero-order valence-corrected chi connectivity index (χ0v) is 45.9. The van der Waals surface area contributed by atoms with Crippen LogP contribution in [-0.2, 0) is 28.6 Å². The molecule has 0 heterocycles. The van der Waals surface area contributed by atoms with Gasteiger partial charge in [-0.2, -0.15) is 0 Å². The van der Waals surface area contributed by atoms with Crippen LogP contribution in [-0.4, -0.2) is 37.2 Å². The van der Waals surface area contributed by atoms with Crippen molar-refractivity contribution in [2.45, 2.75) is 258 Å². The van der Waals surface area contributed by atoms with E-state index in [0.29, 0.717) is 19.3 Å². The third-order valence-corrected chi connectivity index (χ3v) is 11.9. The zero-order valence-electron chi connectivity index (χ0n) is 45.9. The van der Waals surface area contributed by atoms with Crippen LogP contribution >= 0.6 is 0 Å². The van der Waals surface area contributed by atoms with Crippen molar-refractivity contribution in [1.29, 1.82) is 0 Å². The number of unbranched alkanes of at least 4 members (excludes halogenated alkanes) is 20. The Kier molecular flexibility index (Phi) is 54.9. The summed E-state index contributed by atoms with van der Waals surface area (Å²) in [7, 11) is 0. The molecule has 0 aliphatic heterocycles. The lowest BCUT2D eigenvalue weighted by Crippen LogP contribution is -2.30. The molecule has 0 N–H and O–H groups in total. The Morgan fingerprint density at radius 1 is 0.296 bits per heavy atom. The van der Waals surface area contributed by atoms with E-state index >= 15 is 0 Å². The lowest BCUT2D eigenvalue weighted by molar-refractivity contribution is -0.167. The highest BCUT2D eigenvalue weighted by Gasteiger charge is 2.19. The van der Waals surface area contributed by atoms with Gasteiger partial charge < -0.3 is 14.2 Å². The number of ether oxygens (including phenoxy) is 3. The molecule has 0 spiro atoms. The van der Waals surface area contributed by atoms with Gasteiger partial charge in [0, 0.05) is 19.3 Å². The SMILES string of the molecule is CC/C=C\C/C=C\C/C=C\C/C=C\C/C=C\CCCC(=O)OC(COC(=O)CCC/C=C\C/C=C\C/C=C\C/C=C\CCCCC)COC(=O)CCCCCCCCC/C=C\CCCCCCCCCC. The fraction of sp³-hybridized carbons (Fsp3) is 0.646. The average molecular weight is 984 g/mol. The van der Waals surface area contributed by atoms with Crippen molar-refractivity contribution >= 4 is 17.9 Å². The first-order valence-electron chi connectivity index (χ1n) is 29.0. The molecule has 71 heavy (non-hydrogen) atoms. The minimum Gasteiger partial charge on any atom is -0.462 e. The Bertz CT molecular complexity index is 1500. The van der Waals surface area contributed by atoms with E-state index in [1.807, 2.05) is 0 Å². The van der Waals surface area contributed by atoms with Gasteiger partial charge in [-0.25, -0.2) is 0 Å². The molecule has 0 saturated carbocycles. The highest BCUT2D eigenvalue weighted by molar-refractivity contribution is 5.71. The van der Waals surface area contributed by atoms with E-state index in [-0.39, 0.29) is 44.0 Å². The van der Waals surface area contributed by atoms with Crippen LogP contribution in [0.15, 0.2) is 122 Å². The largest absolute Gasteiger partial charge is 0.462 e. The molecule has 0 fully saturated rings. The lowest BCUT2D eigenvalue weighted by Gasteiger charge is -2.18. The van der Waals surface area contributed by atoms with Crippen LogP contribution < -0.4 is 0 Å². The second kappa shape index (κ2) is 58.4. The summed E-state index contributed by atoms with van der Waals surface area (Å²) in [6.07, 6.45) is 80.6. The molecule has 0 bridgehead atoms. The zero-order chi connectivity index (χ0) is 51.4. The van der Waals surface area contributed by atoms with Crippen LogP contribution in [0, 0.1) is 0 Å². The van der Waals surface area contributed by atoms with E-state index in [0.717, 1.165) is 83.5 Å². The normalized spacial score (nSPS) is 13.0. The van der Waals surface area contributed by atoms with E-state index < -0.39 is 6.10 Å². The third kappa shape index (κ3) is 56.6. The Labute approximate surface area is 437 Å². The molecular formula is C65H106O6. The predicted molar refractivity (Wildman–Crippen MR) is 306 cm³/mol. The minimum absolute atomic E-state index is 0.123. The molecule has 0 rings (SSSR count). The van der Waals surface area contributed by atoms with Crippen molar-refractivity contribution in [3.05, 3.63) is 122 Å². The number of allylic oxidation sites excluding steroid dienone is 20. The number of carbonyl (C=O) groups excluding carboxylic acids is 3. The van der Waals surface area contributed by atoms with Gasteiger partial charge in [0.2, 0.25) is 0 Å². The first-order chi connectivity index (χ1) is 35.0. The highest BCUT2D eigenvalue weighted by atomic mass is 16.6. The molecule has 0 saturated heterocycles. The van der Waals surface area contributed by atoms with Gasteiger partial charge in [-0.3, -0.25) is 14.4 Å². The van der Waals surface area contributed by atoms with Gasteiger partial charge in [0.25, 0.3) is 0 Å². The first-order valence-corrected chi connectivity index (χ1v) is 29.0. The van der Waals surface area contributed by atoms with Crippen LogP contribution in [0.3, 0.4) is 0 Å². The molecule has 0 aromatic heterocycles. The number of hydrogen-bond donors (Lipinski definition) is 0. The van der Waals surface area contributed by atoms with E-state index in [9.17, 15) is 14.4 Å². The van der Waals surface area contributed by atoms with E-state index in [2.05, 4.69) is 142 Å². The Morgan fingerprint density at radius 2 is 0.563 bits per heavy atom. The Hall–Kier alpha value is -4.19. The van der Waals surface area contributed by atoms with E-state index in [1.54, 1.807) is 0 Å². The third-order valence-electron chi connectivity index (χ3n) is 11.9. The standard InChI is InChI=1S/C65H106O6/c1-4-7-10-13-16-19-22-25-28-31-32-35-37-40-43-46-49-52-55-58-64(67)70-61-62(71-65(68)59-56-53-50-47-44-41-38-34-30-27-24-21-18-15-12-9-6-3)60-69-63(66)57-54-51-48-45-42-39-36-33-29-26-23-20-17-14-11-8-5-2/h9,12,17-18,20-21,26-27,29-32,36,38-39,41,45,47-48,50,62H,4-8,10-11,13-16,19,22-25,28,33-35,37,40,42-44,46,49,51-61H2,1-3H3/b12-9-,20-17-,21-18-,29-26-,30-27-,32-31-,39-36-,41-38-,48-45-,50-47-. The summed E-state index contributed by atoms with van der Waals surface area (Å²) in [4.78, 5) is 38.1. The Morgan fingerprint density at radius 3 is 0.958 bits per heavy atom. The number of hydrogen-bond acceptors (Lipinski definition) is 6. The molecule has 1 atom stereocenters. The summed E-state index contributed by atoms with van der Waals surface area (Å²) in [5, 5.41) is 0. The molecule has 402 valence electrons. The summed E-state index contributed by atoms with van der Waals surface area (Å²) in [5.74, 6) is -1.05. The molecule has 1 unspecified atom stereocenters. The molecule has 0 amide bonds. The molecule has 0 aromatic carbocycles. The number of rotatable bonds is 51. The summed E-state index contributed by atoms with van der Waals surface area (Å²) >= 11 is 0. The smallest absolute Gasteiger partial charge is 0.306 e. The fourth-order valence-corrected chi connectivity index (χ4v) is 7.58. The van der Waals surface area contributed by atoms with Gasteiger partial charge >= 0.3 is 17.9 Å². The highest BCUT2D eigenvalue weighted by Crippen LogP contribution is 2.14.